The van der Waals surface area contributed by atoms with Gasteiger partial charge in [0.05, 0.1) is 13.2 Å². The fourth-order valence-corrected chi connectivity index (χ4v) is 4.52. The molecule has 0 radical (unpaired) electrons. The second kappa shape index (κ2) is 12.5. The summed E-state index contributed by atoms with van der Waals surface area (Å²) in [5.41, 5.74) is 1.95. The predicted octanol–water partition coefficient (Wildman–Crippen LogP) is 3.84. The van der Waals surface area contributed by atoms with Crippen LogP contribution in [0.25, 0.3) is 0 Å². The third-order valence-electron chi connectivity index (χ3n) is 6.65. The van der Waals surface area contributed by atoms with Crippen molar-refractivity contribution in [2.24, 2.45) is 0 Å². The van der Waals surface area contributed by atoms with Gasteiger partial charge in [0.25, 0.3) is 11.5 Å². The third-order valence-corrected chi connectivity index (χ3v) is 6.65. The molecule has 0 atom stereocenters. The molecule has 0 spiro atoms. The molecule has 0 saturated carbocycles. The summed E-state index contributed by atoms with van der Waals surface area (Å²) in [5.74, 6) is 1.79. The number of hydrogen-bond donors (Lipinski definition) is 3. The highest BCUT2D eigenvalue weighted by molar-refractivity contribution is 5.99. The molecule has 1 fully saturated rings. The van der Waals surface area contributed by atoms with Crippen molar-refractivity contribution in [3.05, 3.63) is 70.7 Å². The van der Waals surface area contributed by atoms with Gasteiger partial charge in [-0.2, -0.15) is 10.1 Å². The maximum absolute atomic E-state index is 12.8. The molecular formula is C28H36N8O3. The van der Waals surface area contributed by atoms with Gasteiger partial charge >= 0.3 is 0 Å². The molecule has 0 aliphatic carbocycles. The van der Waals surface area contributed by atoms with Gasteiger partial charge in [0.15, 0.2) is 5.82 Å². The summed E-state index contributed by atoms with van der Waals surface area (Å²) in [5, 5.41) is 13.4. The van der Waals surface area contributed by atoms with Crippen molar-refractivity contribution in [2.75, 3.05) is 44.4 Å². The van der Waals surface area contributed by atoms with Crippen LogP contribution in [-0.4, -0.2) is 64.3 Å². The average molecular weight is 533 g/mol. The van der Waals surface area contributed by atoms with E-state index >= 15 is 0 Å². The van der Waals surface area contributed by atoms with Crippen LogP contribution in [0.1, 0.15) is 54.6 Å². The number of nitrogens with one attached hydrogen (secondary N) is 3. The Morgan fingerprint density at radius 3 is 2.67 bits per heavy atom. The van der Waals surface area contributed by atoms with E-state index in [1.165, 1.54) is 22.5 Å². The van der Waals surface area contributed by atoms with Gasteiger partial charge in [-0.3, -0.25) is 9.59 Å². The Morgan fingerprint density at radius 1 is 1.21 bits per heavy atom. The zero-order valence-electron chi connectivity index (χ0n) is 22.9. The molecule has 11 nitrogen and oxygen atoms in total. The van der Waals surface area contributed by atoms with E-state index in [2.05, 4.69) is 55.6 Å². The first-order chi connectivity index (χ1) is 18.8. The van der Waals surface area contributed by atoms with E-state index in [1.54, 1.807) is 19.3 Å². The van der Waals surface area contributed by atoms with Gasteiger partial charge in [0.2, 0.25) is 5.95 Å². The number of methoxy groups -OCH3 is 1. The number of likely N-dealkylation sites (tertiary alicyclic amines) is 1. The van der Waals surface area contributed by atoms with Crippen molar-refractivity contribution in [1.29, 1.82) is 0 Å². The van der Waals surface area contributed by atoms with Gasteiger partial charge in [0.1, 0.15) is 17.1 Å². The topological polar surface area (TPSA) is 126 Å². The molecule has 0 unspecified atom stereocenters. The van der Waals surface area contributed by atoms with E-state index in [1.807, 2.05) is 26.0 Å². The average Bonchev–Trinajstić information content (AvgIpc) is 2.93. The van der Waals surface area contributed by atoms with Gasteiger partial charge in [-0.05, 0) is 70.4 Å². The lowest BCUT2D eigenvalue weighted by molar-refractivity contribution is 0.0958. The van der Waals surface area contributed by atoms with Gasteiger partial charge in [0, 0.05) is 30.6 Å². The Morgan fingerprint density at radius 2 is 1.97 bits per heavy atom. The lowest BCUT2D eigenvalue weighted by Crippen LogP contribution is -2.29. The van der Waals surface area contributed by atoms with Crippen LogP contribution in [-0.2, 0) is 0 Å². The van der Waals surface area contributed by atoms with Gasteiger partial charge < -0.3 is 25.6 Å². The van der Waals surface area contributed by atoms with E-state index in [9.17, 15) is 9.59 Å². The zero-order valence-corrected chi connectivity index (χ0v) is 22.9. The first-order valence-electron chi connectivity index (χ1n) is 13.1. The minimum Gasteiger partial charge on any atom is -0.496 e. The van der Waals surface area contributed by atoms with Crippen LogP contribution in [0.5, 0.6) is 5.75 Å². The summed E-state index contributed by atoms with van der Waals surface area (Å²) in [7, 11) is 3.82. The molecule has 0 bridgehead atoms. The molecule has 206 valence electrons. The Kier molecular flexibility index (Phi) is 8.92. The summed E-state index contributed by atoms with van der Waals surface area (Å²) >= 11 is 0. The summed E-state index contributed by atoms with van der Waals surface area (Å²) in [6, 6.07) is 8.85. The minimum absolute atomic E-state index is 0.135. The van der Waals surface area contributed by atoms with Crippen molar-refractivity contribution < 1.29 is 9.53 Å². The van der Waals surface area contributed by atoms with Crippen LogP contribution < -0.4 is 26.2 Å². The zero-order chi connectivity index (χ0) is 27.9. The molecule has 3 heterocycles. The number of aromatic nitrogens is 4. The molecule has 1 amide bonds. The Balaban J connectivity index is 1.62. The number of carbonyl (C=O) groups excluding carboxylic acids is 1. The number of amides is 1. The van der Waals surface area contributed by atoms with E-state index in [0.29, 0.717) is 11.7 Å². The molecule has 11 heteroatoms. The highest BCUT2D eigenvalue weighted by atomic mass is 16.5. The van der Waals surface area contributed by atoms with Crippen LogP contribution in [0, 0.1) is 0 Å². The summed E-state index contributed by atoms with van der Waals surface area (Å²) in [4.78, 5) is 36.3. The van der Waals surface area contributed by atoms with Crippen LogP contribution in [0.3, 0.4) is 0 Å². The highest BCUT2D eigenvalue weighted by Gasteiger charge is 2.22. The number of ether oxygens (including phenoxy) is 1. The van der Waals surface area contributed by atoms with Crippen molar-refractivity contribution in [3.63, 3.8) is 0 Å². The predicted molar refractivity (Wildman–Crippen MR) is 152 cm³/mol. The summed E-state index contributed by atoms with van der Waals surface area (Å²) in [6.07, 6.45) is 5.21. The Hall–Kier alpha value is -4.25. The van der Waals surface area contributed by atoms with Crippen LogP contribution in [0.15, 0.2) is 54.0 Å². The lowest BCUT2D eigenvalue weighted by Gasteiger charge is -2.30. The molecule has 4 rings (SSSR count). The summed E-state index contributed by atoms with van der Waals surface area (Å²) < 4.78 is 7.09. The fraction of sp³-hybridized carbons (Fsp3) is 0.393. The van der Waals surface area contributed by atoms with Crippen LogP contribution >= 0.6 is 0 Å². The van der Waals surface area contributed by atoms with E-state index < -0.39 is 0 Å². The van der Waals surface area contributed by atoms with Crippen LogP contribution in [0.4, 0.5) is 23.3 Å². The maximum atomic E-state index is 12.8. The number of piperidine rings is 1. The smallest absolute Gasteiger partial charge is 0.267 e. The third kappa shape index (κ3) is 6.80. The molecular weight excluding hydrogens is 496 g/mol. The maximum Gasteiger partial charge on any atom is 0.267 e. The Labute approximate surface area is 228 Å². The second-order valence-electron chi connectivity index (χ2n) is 9.83. The highest BCUT2D eigenvalue weighted by Crippen LogP contribution is 2.36. The number of carbonyl (C=O) groups is 1. The summed E-state index contributed by atoms with van der Waals surface area (Å²) in [6.45, 7) is 9.79. The second-order valence-corrected chi connectivity index (χ2v) is 9.83. The number of anilines is 4. The van der Waals surface area contributed by atoms with Crippen molar-refractivity contribution in [1.82, 2.24) is 30.0 Å². The largest absolute Gasteiger partial charge is 0.496 e. The number of hydrogen-bond acceptors (Lipinski definition) is 9. The minimum atomic E-state index is -0.370. The number of rotatable bonds is 10. The molecule has 2 aromatic heterocycles. The van der Waals surface area contributed by atoms with Gasteiger partial charge in [-0.1, -0.05) is 12.1 Å². The van der Waals surface area contributed by atoms with E-state index in [-0.39, 0.29) is 41.4 Å². The molecule has 1 aliphatic rings. The normalized spacial score (nSPS) is 14.2. The first kappa shape index (κ1) is 27.8. The van der Waals surface area contributed by atoms with Crippen molar-refractivity contribution in [2.45, 2.75) is 38.6 Å². The van der Waals surface area contributed by atoms with Crippen molar-refractivity contribution in [3.8, 4) is 5.75 Å². The van der Waals surface area contributed by atoms with Gasteiger partial charge in [-0.15, -0.1) is 6.58 Å². The fourth-order valence-electron chi connectivity index (χ4n) is 4.52. The van der Waals surface area contributed by atoms with Crippen molar-refractivity contribution >= 4 is 29.2 Å². The van der Waals surface area contributed by atoms with E-state index in [4.69, 9.17) is 4.74 Å². The molecule has 1 saturated heterocycles. The molecule has 1 aromatic carbocycles. The lowest BCUT2D eigenvalue weighted by atomic mass is 9.89. The SMILES string of the molecule is C=CCNC(=O)c1cnc(Nc2ccc(C3CCN(C)CC3)c(OC)c2)nc1Nc1ccc(=O)n(C(C)C)n1. The molecule has 39 heavy (non-hydrogen) atoms. The monoisotopic (exact) mass is 532 g/mol. The van der Waals surface area contributed by atoms with Crippen LogP contribution in [0.2, 0.25) is 0 Å². The molecule has 3 N–H and O–H groups in total. The number of benzene rings is 1. The molecule has 1 aliphatic heterocycles. The number of nitrogens with zero attached hydrogens (tertiary/aromatic N) is 5. The van der Waals surface area contributed by atoms with E-state index in [0.717, 1.165) is 37.4 Å². The Bertz CT molecular complexity index is 1380. The molecule has 3 aromatic rings. The standard InChI is InChI=1S/C28H36N8O3/c1-6-13-29-27(38)22-17-30-28(33-26(22)32-24-9-10-25(37)36(34-24)18(2)3)31-20-7-8-21(23(16-20)39-5)19-11-14-35(4)15-12-19/h6-10,16-19H,1,11-15H2,2-5H3,(H,29,38)(H2,30,31,32,33,34). The quantitative estimate of drug-likeness (QED) is 0.334. The van der Waals surface area contributed by atoms with Gasteiger partial charge in [-0.25, -0.2) is 9.67 Å². The first-order valence-corrected chi connectivity index (χ1v) is 13.1.